The minimum absolute atomic E-state index is 0.235. The normalized spacial score (nSPS) is 12.9. The van der Waals surface area contributed by atoms with E-state index in [1.165, 1.54) is 11.3 Å². The molecule has 1 rings (SSSR count). The number of thiophene rings is 1. The van der Waals surface area contributed by atoms with Gasteiger partial charge in [0, 0.05) is 5.54 Å². The molecular weight excluding hydrogens is 270 g/mol. The van der Waals surface area contributed by atoms with Crippen molar-refractivity contribution in [2.75, 3.05) is 0 Å². The summed E-state index contributed by atoms with van der Waals surface area (Å²) in [7, 11) is -3.57. The maximum Gasteiger partial charge on any atom is 0.242 e. The van der Waals surface area contributed by atoms with Crippen molar-refractivity contribution in [1.29, 1.82) is 0 Å². The number of aliphatic hydroxyl groups is 1. The molecule has 0 unspecified atom stereocenters. The topological polar surface area (TPSA) is 66.4 Å². The van der Waals surface area contributed by atoms with E-state index in [-0.39, 0.29) is 11.5 Å². The molecule has 0 fully saturated rings. The second kappa shape index (κ2) is 5.69. The van der Waals surface area contributed by atoms with Gasteiger partial charge in [0.2, 0.25) is 10.0 Å². The molecule has 18 heavy (non-hydrogen) atoms. The van der Waals surface area contributed by atoms with Crippen LogP contribution in [0.15, 0.2) is 10.3 Å². The van der Waals surface area contributed by atoms with Gasteiger partial charge in [0.15, 0.2) is 0 Å². The third-order valence-corrected chi connectivity index (χ3v) is 5.83. The van der Waals surface area contributed by atoms with Gasteiger partial charge in [-0.25, -0.2) is 13.1 Å². The van der Waals surface area contributed by atoms with Crippen molar-refractivity contribution in [2.24, 2.45) is 0 Å². The molecule has 0 spiro atoms. The largest absolute Gasteiger partial charge is 0.391 e. The number of hydrogen-bond donors (Lipinski definition) is 2. The molecule has 2 N–H and O–H groups in total. The van der Waals surface area contributed by atoms with Crippen LogP contribution in [0.5, 0.6) is 0 Å². The number of hydrogen-bond acceptors (Lipinski definition) is 4. The smallest absolute Gasteiger partial charge is 0.242 e. The summed E-state index contributed by atoms with van der Waals surface area (Å²) >= 11 is 1.27. The number of aliphatic hydroxyl groups excluding tert-OH is 1. The number of nitrogens with one attached hydrogen (secondary N) is 1. The van der Waals surface area contributed by atoms with Crippen molar-refractivity contribution in [3.63, 3.8) is 0 Å². The van der Waals surface area contributed by atoms with E-state index < -0.39 is 15.6 Å². The van der Waals surface area contributed by atoms with Crippen LogP contribution < -0.4 is 4.72 Å². The van der Waals surface area contributed by atoms with Crippen molar-refractivity contribution < 1.29 is 13.5 Å². The predicted octanol–water partition coefficient (Wildman–Crippen LogP) is 2.41. The van der Waals surface area contributed by atoms with Gasteiger partial charge >= 0.3 is 0 Å². The van der Waals surface area contributed by atoms with Gasteiger partial charge in [-0.15, -0.1) is 11.3 Å². The van der Waals surface area contributed by atoms with Crippen LogP contribution in [0, 0.1) is 6.92 Å². The second-order valence-electron chi connectivity index (χ2n) is 5.07. The average Bonchev–Trinajstić information content (AvgIpc) is 2.58. The Morgan fingerprint density at radius 2 is 2.06 bits per heavy atom. The summed E-state index contributed by atoms with van der Waals surface area (Å²) in [6, 6.07) is 0. The highest BCUT2D eigenvalue weighted by Gasteiger charge is 2.29. The summed E-state index contributed by atoms with van der Waals surface area (Å²) in [5.41, 5.74) is 0.207. The molecule has 0 aliphatic rings. The highest BCUT2D eigenvalue weighted by Crippen LogP contribution is 2.28. The fourth-order valence-corrected chi connectivity index (χ4v) is 5.15. The first-order valence-electron chi connectivity index (χ1n) is 5.95. The van der Waals surface area contributed by atoms with Crippen LogP contribution in [-0.2, 0) is 16.6 Å². The minimum atomic E-state index is -3.57. The molecule has 0 atom stereocenters. The Bertz CT molecular complexity index is 503. The quantitative estimate of drug-likeness (QED) is 0.846. The summed E-state index contributed by atoms with van der Waals surface area (Å²) in [5.74, 6) is 0. The molecule has 0 bridgehead atoms. The van der Waals surface area contributed by atoms with Crippen LogP contribution in [0.3, 0.4) is 0 Å². The van der Waals surface area contributed by atoms with Crippen molar-refractivity contribution in [2.45, 2.75) is 57.6 Å². The first-order valence-corrected chi connectivity index (χ1v) is 8.31. The molecular formula is C12H21NO3S2. The lowest BCUT2D eigenvalue weighted by atomic mass is 10.0. The molecule has 1 heterocycles. The molecule has 1 aromatic heterocycles. The van der Waals surface area contributed by atoms with E-state index in [0.717, 1.165) is 12.8 Å². The molecule has 0 aliphatic carbocycles. The predicted molar refractivity (Wildman–Crippen MR) is 74.3 cm³/mol. The Morgan fingerprint density at radius 3 is 2.56 bits per heavy atom. The monoisotopic (exact) mass is 291 g/mol. The zero-order chi connectivity index (χ0) is 14.0. The van der Waals surface area contributed by atoms with E-state index in [0.29, 0.717) is 10.4 Å². The Labute approximate surface area is 113 Å². The average molecular weight is 291 g/mol. The van der Waals surface area contributed by atoms with Gasteiger partial charge in [0.25, 0.3) is 0 Å². The Kier molecular flexibility index (Phi) is 4.94. The lowest BCUT2D eigenvalue weighted by Crippen LogP contribution is -2.43. The molecule has 0 radical (unpaired) electrons. The van der Waals surface area contributed by atoms with E-state index in [1.807, 2.05) is 20.8 Å². The third kappa shape index (κ3) is 3.54. The molecule has 1 aromatic rings. The Morgan fingerprint density at radius 1 is 1.44 bits per heavy atom. The minimum Gasteiger partial charge on any atom is -0.391 e. The van der Waals surface area contributed by atoms with Crippen molar-refractivity contribution >= 4 is 21.4 Å². The molecule has 0 saturated heterocycles. The van der Waals surface area contributed by atoms with Gasteiger partial charge in [-0.3, -0.25) is 0 Å². The van der Waals surface area contributed by atoms with Gasteiger partial charge in [0.1, 0.15) is 4.90 Å². The molecule has 0 saturated carbocycles. The van der Waals surface area contributed by atoms with Crippen molar-refractivity contribution in [3.05, 3.63) is 15.8 Å². The van der Waals surface area contributed by atoms with Crippen LogP contribution in [0.25, 0.3) is 0 Å². The summed E-state index contributed by atoms with van der Waals surface area (Å²) in [6.07, 6.45) is 1.68. The third-order valence-electron chi connectivity index (χ3n) is 2.69. The zero-order valence-corrected chi connectivity index (χ0v) is 12.9. The standard InChI is InChI=1S/C12H21NO3S2/c1-5-6-12(3,4)13-18(15,16)11-9(2)8-17-10(11)7-14/h8,13-14H,5-7H2,1-4H3. The van der Waals surface area contributed by atoms with Gasteiger partial charge in [-0.1, -0.05) is 13.3 Å². The second-order valence-corrected chi connectivity index (χ2v) is 7.65. The van der Waals surface area contributed by atoms with E-state index in [9.17, 15) is 13.5 Å². The summed E-state index contributed by atoms with van der Waals surface area (Å²) in [4.78, 5) is 0.728. The van der Waals surface area contributed by atoms with Crippen LogP contribution in [0.4, 0.5) is 0 Å². The summed E-state index contributed by atoms with van der Waals surface area (Å²) < 4.78 is 27.5. The molecule has 6 heteroatoms. The van der Waals surface area contributed by atoms with Crippen molar-refractivity contribution in [3.8, 4) is 0 Å². The van der Waals surface area contributed by atoms with Gasteiger partial charge in [-0.05, 0) is 38.1 Å². The first-order chi connectivity index (χ1) is 8.23. The molecule has 4 nitrogen and oxygen atoms in total. The van der Waals surface area contributed by atoms with Crippen LogP contribution in [0.1, 0.15) is 44.1 Å². The first kappa shape index (κ1) is 15.6. The molecule has 104 valence electrons. The highest BCUT2D eigenvalue weighted by molar-refractivity contribution is 7.89. The number of rotatable bonds is 6. The fourth-order valence-electron chi connectivity index (χ4n) is 2.05. The zero-order valence-electron chi connectivity index (χ0n) is 11.3. The Hall–Kier alpha value is -0.430. The summed E-state index contributed by atoms with van der Waals surface area (Å²) in [6.45, 7) is 7.26. The van der Waals surface area contributed by atoms with E-state index in [1.54, 1.807) is 12.3 Å². The number of aryl methyl sites for hydroxylation is 1. The van der Waals surface area contributed by atoms with Crippen LogP contribution >= 0.6 is 11.3 Å². The van der Waals surface area contributed by atoms with Gasteiger partial charge < -0.3 is 5.11 Å². The van der Waals surface area contributed by atoms with Gasteiger partial charge in [-0.2, -0.15) is 0 Å². The summed E-state index contributed by atoms with van der Waals surface area (Å²) in [5, 5.41) is 11.0. The van der Waals surface area contributed by atoms with Crippen molar-refractivity contribution in [1.82, 2.24) is 4.72 Å². The highest BCUT2D eigenvalue weighted by atomic mass is 32.2. The SMILES string of the molecule is CCCC(C)(C)NS(=O)(=O)c1c(C)csc1CO. The van der Waals surface area contributed by atoms with E-state index in [4.69, 9.17) is 0 Å². The van der Waals surface area contributed by atoms with E-state index >= 15 is 0 Å². The molecule has 0 amide bonds. The van der Waals surface area contributed by atoms with E-state index in [2.05, 4.69) is 4.72 Å². The lowest BCUT2D eigenvalue weighted by Gasteiger charge is -2.25. The maximum absolute atomic E-state index is 12.4. The fraction of sp³-hybridized carbons (Fsp3) is 0.667. The van der Waals surface area contributed by atoms with Crippen LogP contribution in [-0.4, -0.2) is 19.1 Å². The molecule has 0 aromatic carbocycles. The van der Waals surface area contributed by atoms with Crippen LogP contribution in [0.2, 0.25) is 0 Å². The van der Waals surface area contributed by atoms with Gasteiger partial charge in [0.05, 0.1) is 11.5 Å². The molecule has 0 aliphatic heterocycles. The maximum atomic E-state index is 12.4. The Balaban J connectivity index is 3.11. The lowest BCUT2D eigenvalue weighted by molar-refractivity contribution is 0.282. The number of sulfonamides is 1.